The molecule has 0 saturated carbocycles. The molecule has 0 spiro atoms. The highest BCUT2D eigenvalue weighted by Crippen LogP contribution is 2.35. The summed E-state index contributed by atoms with van der Waals surface area (Å²) in [5.41, 5.74) is 3.17. The first-order valence-corrected chi connectivity index (χ1v) is 8.84. The lowest BCUT2D eigenvalue weighted by atomic mass is 10.1. The number of anilines is 1. The molecule has 6 heteroatoms. The van der Waals surface area contributed by atoms with Crippen molar-refractivity contribution in [1.82, 2.24) is 15.0 Å². The zero-order valence-corrected chi connectivity index (χ0v) is 14.7. The summed E-state index contributed by atoms with van der Waals surface area (Å²) in [6.07, 6.45) is 4.13. The molecule has 1 aliphatic heterocycles. The van der Waals surface area contributed by atoms with E-state index in [0.717, 1.165) is 57.7 Å². The van der Waals surface area contributed by atoms with Crippen LogP contribution in [0.4, 0.5) is 5.82 Å². The van der Waals surface area contributed by atoms with Gasteiger partial charge in [-0.15, -0.1) is 0 Å². The average molecular weight is 420 g/mol. The summed E-state index contributed by atoms with van der Waals surface area (Å²) < 4.78 is 6.77. The monoisotopic (exact) mass is 420 g/mol. The van der Waals surface area contributed by atoms with Crippen molar-refractivity contribution in [1.29, 1.82) is 0 Å². The predicted molar refractivity (Wildman–Crippen MR) is 99.5 cm³/mol. The lowest BCUT2D eigenvalue weighted by Gasteiger charge is -2.12. The highest BCUT2D eigenvalue weighted by atomic mass is 127. The van der Waals surface area contributed by atoms with E-state index in [1.54, 1.807) is 6.33 Å². The molecule has 1 atom stereocenters. The Morgan fingerprint density at radius 3 is 2.91 bits per heavy atom. The molecule has 118 valence electrons. The Kier molecular flexibility index (Phi) is 4.17. The Labute approximate surface area is 148 Å². The minimum Gasteiger partial charge on any atom is -0.376 e. The van der Waals surface area contributed by atoms with Crippen LogP contribution in [-0.4, -0.2) is 34.2 Å². The molecule has 5 nitrogen and oxygen atoms in total. The number of hydrogen-bond acceptors (Lipinski definition) is 4. The van der Waals surface area contributed by atoms with Crippen LogP contribution in [0.25, 0.3) is 22.2 Å². The molecule has 1 aliphatic rings. The first-order valence-electron chi connectivity index (χ1n) is 7.76. The van der Waals surface area contributed by atoms with E-state index >= 15 is 0 Å². The number of ether oxygens (including phenoxy) is 1. The van der Waals surface area contributed by atoms with Crippen LogP contribution in [-0.2, 0) is 4.74 Å². The molecule has 4 rings (SSSR count). The van der Waals surface area contributed by atoms with E-state index in [1.807, 2.05) is 18.2 Å². The van der Waals surface area contributed by atoms with Crippen LogP contribution < -0.4 is 5.32 Å². The Morgan fingerprint density at radius 1 is 1.26 bits per heavy atom. The highest BCUT2D eigenvalue weighted by molar-refractivity contribution is 14.1. The zero-order chi connectivity index (χ0) is 15.6. The molecule has 2 N–H and O–H groups in total. The number of nitrogens with zero attached hydrogens (tertiary/aromatic N) is 2. The van der Waals surface area contributed by atoms with Crippen LogP contribution in [0.5, 0.6) is 0 Å². The first kappa shape index (κ1) is 14.9. The van der Waals surface area contributed by atoms with Crippen molar-refractivity contribution in [3.63, 3.8) is 0 Å². The van der Waals surface area contributed by atoms with Gasteiger partial charge in [0.2, 0.25) is 0 Å². The van der Waals surface area contributed by atoms with Gasteiger partial charge in [-0.05, 0) is 41.0 Å². The van der Waals surface area contributed by atoms with Crippen LogP contribution in [0, 0.1) is 3.70 Å². The second kappa shape index (κ2) is 6.45. The average Bonchev–Trinajstić information content (AvgIpc) is 3.20. The summed E-state index contributed by atoms with van der Waals surface area (Å²) in [7, 11) is 0. The molecular weight excluding hydrogens is 403 g/mol. The highest BCUT2D eigenvalue weighted by Gasteiger charge is 2.19. The molecule has 3 heterocycles. The number of H-pyrrole nitrogens is 1. The van der Waals surface area contributed by atoms with E-state index in [-0.39, 0.29) is 6.10 Å². The third kappa shape index (κ3) is 2.92. The van der Waals surface area contributed by atoms with E-state index in [9.17, 15) is 0 Å². The van der Waals surface area contributed by atoms with Crippen molar-refractivity contribution < 1.29 is 4.74 Å². The van der Waals surface area contributed by atoms with Gasteiger partial charge in [0.25, 0.3) is 0 Å². The van der Waals surface area contributed by atoms with Gasteiger partial charge in [0.1, 0.15) is 17.8 Å². The summed E-state index contributed by atoms with van der Waals surface area (Å²) in [6, 6.07) is 10.3. The van der Waals surface area contributed by atoms with Gasteiger partial charge in [-0.1, -0.05) is 30.3 Å². The molecule has 3 aromatic rings. The number of benzene rings is 1. The van der Waals surface area contributed by atoms with Crippen LogP contribution in [0.2, 0.25) is 0 Å². The van der Waals surface area contributed by atoms with Gasteiger partial charge in [-0.25, -0.2) is 9.97 Å². The molecule has 1 aromatic carbocycles. The van der Waals surface area contributed by atoms with E-state index in [0.29, 0.717) is 0 Å². The van der Waals surface area contributed by atoms with Gasteiger partial charge in [0, 0.05) is 18.7 Å². The molecule has 1 unspecified atom stereocenters. The Bertz CT molecular complexity index is 812. The molecule has 0 amide bonds. The second-order valence-corrected chi connectivity index (χ2v) is 6.72. The van der Waals surface area contributed by atoms with E-state index in [1.165, 1.54) is 0 Å². The summed E-state index contributed by atoms with van der Waals surface area (Å²) >= 11 is 2.32. The van der Waals surface area contributed by atoms with Crippen LogP contribution in [0.15, 0.2) is 36.7 Å². The van der Waals surface area contributed by atoms with Crippen LogP contribution in [0.3, 0.4) is 0 Å². The Morgan fingerprint density at radius 2 is 2.13 bits per heavy atom. The summed E-state index contributed by atoms with van der Waals surface area (Å²) in [6.45, 7) is 1.64. The van der Waals surface area contributed by atoms with Crippen molar-refractivity contribution in [3.05, 3.63) is 40.4 Å². The number of hydrogen-bond donors (Lipinski definition) is 2. The summed E-state index contributed by atoms with van der Waals surface area (Å²) in [4.78, 5) is 12.2. The van der Waals surface area contributed by atoms with Crippen molar-refractivity contribution in [3.8, 4) is 11.1 Å². The lowest BCUT2D eigenvalue weighted by Crippen LogP contribution is -2.19. The fourth-order valence-corrected chi connectivity index (χ4v) is 3.86. The van der Waals surface area contributed by atoms with Crippen LogP contribution in [0.1, 0.15) is 12.8 Å². The summed E-state index contributed by atoms with van der Waals surface area (Å²) in [5.74, 6) is 0.864. The topological polar surface area (TPSA) is 62.8 Å². The third-order valence-corrected chi connectivity index (χ3v) is 4.94. The minimum absolute atomic E-state index is 0.276. The van der Waals surface area contributed by atoms with Gasteiger partial charge in [-0.2, -0.15) is 0 Å². The summed E-state index contributed by atoms with van der Waals surface area (Å²) in [5, 5.41) is 4.50. The first-order chi connectivity index (χ1) is 11.3. The number of nitrogens with one attached hydrogen (secondary N) is 2. The normalized spacial score (nSPS) is 17.7. The van der Waals surface area contributed by atoms with Crippen molar-refractivity contribution in [2.45, 2.75) is 18.9 Å². The van der Waals surface area contributed by atoms with Gasteiger partial charge in [0.05, 0.1) is 15.2 Å². The van der Waals surface area contributed by atoms with Crippen molar-refractivity contribution in [2.75, 3.05) is 18.5 Å². The maximum atomic E-state index is 5.69. The predicted octanol–water partition coefficient (Wildman–Crippen LogP) is 3.82. The number of aromatic nitrogens is 3. The van der Waals surface area contributed by atoms with Gasteiger partial charge in [-0.3, -0.25) is 0 Å². The number of halogens is 1. The van der Waals surface area contributed by atoms with E-state index < -0.39 is 0 Å². The number of rotatable bonds is 4. The number of fused-ring (bicyclic) bond motifs is 1. The Balaban J connectivity index is 1.75. The molecule has 0 bridgehead atoms. The second-order valence-electron chi connectivity index (χ2n) is 5.64. The lowest BCUT2D eigenvalue weighted by molar-refractivity contribution is 0.120. The smallest absolute Gasteiger partial charge is 0.144 e. The fraction of sp³-hybridized carbons (Fsp3) is 0.294. The van der Waals surface area contributed by atoms with E-state index in [4.69, 9.17) is 4.74 Å². The minimum atomic E-state index is 0.276. The maximum absolute atomic E-state index is 5.69. The van der Waals surface area contributed by atoms with E-state index in [2.05, 4.69) is 55.0 Å². The van der Waals surface area contributed by atoms with Crippen LogP contribution >= 0.6 is 22.6 Å². The zero-order valence-electron chi connectivity index (χ0n) is 12.6. The number of aromatic amines is 1. The van der Waals surface area contributed by atoms with Gasteiger partial charge in [0.15, 0.2) is 0 Å². The van der Waals surface area contributed by atoms with Crippen molar-refractivity contribution in [2.24, 2.45) is 0 Å². The largest absolute Gasteiger partial charge is 0.376 e. The molecule has 1 saturated heterocycles. The SMILES string of the molecule is Ic1[nH]c2ncnc(NCC3CCCO3)c2c1-c1ccccc1. The standard InChI is InChI=1S/C17H17IN4O/c18-15-13(11-5-2-1-3-6-11)14-16(20-10-21-17(14)22-15)19-9-12-7-4-8-23-12/h1-3,5-6,10,12H,4,7-9H2,(H2,19,20,21,22). The van der Waals surface area contributed by atoms with Crippen molar-refractivity contribution >= 4 is 39.4 Å². The molecular formula is C17H17IN4O. The fourth-order valence-electron chi connectivity index (χ4n) is 3.02. The molecule has 0 radical (unpaired) electrons. The van der Waals surface area contributed by atoms with Gasteiger partial charge >= 0.3 is 0 Å². The molecule has 0 aliphatic carbocycles. The third-order valence-electron chi connectivity index (χ3n) is 4.13. The molecule has 23 heavy (non-hydrogen) atoms. The Hall–Kier alpha value is -1.67. The molecule has 1 fully saturated rings. The van der Waals surface area contributed by atoms with Gasteiger partial charge < -0.3 is 15.0 Å². The quantitative estimate of drug-likeness (QED) is 0.630. The molecule has 2 aromatic heterocycles. The maximum Gasteiger partial charge on any atom is 0.144 e.